The Bertz CT molecular complexity index is 557. The monoisotopic (exact) mass is 344 g/mol. The lowest BCUT2D eigenvalue weighted by molar-refractivity contribution is -0.145. The SMILES string of the molecule is C[C@@H]1CCC[C@H](C)N1[13CH2][13C](=O)[15NH][13CH2][13CH2]C(=O)On1c(O)ccc1O. The standard InChI is InChI=1S/C16H25N3O5/c1-11-4-3-5-12(2)18(11)10-13(20)17-9-8-16(23)24-19-14(21)6-7-15(19)22/h6-7,11-12,21-22H,3-5,8-10H2,1-2H3,(H,17,20)/t11-,12+/i8+1,9+1,10+1,13+1,17+1. The van der Waals surface area contributed by atoms with Gasteiger partial charge in [0.05, 0.1) is 13.0 Å². The van der Waals surface area contributed by atoms with E-state index in [4.69, 9.17) is 4.84 Å². The summed E-state index contributed by atoms with van der Waals surface area (Å²) in [5, 5.41) is 21.4. The van der Waals surface area contributed by atoms with E-state index in [1.807, 2.05) is 0 Å². The minimum atomic E-state index is -0.670. The molecule has 1 amide bonds. The summed E-state index contributed by atoms with van der Waals surface area (Å²) in [5.41, 5.74) is 0. The minimum Gasteiger partial charge on any atom is -0.492 e. The van der Waals surface area contributed by atoms with Gasteiger partial charge in [-0.3, -0.25) is 9.69 Å². The first-order valence-corrected chi connectivity index (χ1v) is 8.21. The molecule has 8 nitrogen and oxygen atoms in total. The number of amides is 1. The van der Waals surface area contributed by atoms with E-state index in [-0.39, 0.29) is 30.6 Å². The number of aromatic nitrogens is 1. The third-order valence-corrected chi connectivity index (χ3v) is 4.34. The molecule has 0 aromatic carbocycles. The molecule has 3 N–H and O–H groups in total. The van der Waals surface area contributed by atoms with Crippen LogP contribution in [0, 0.1) is 0 Å². The highest BCUT2D eigenvalue weighted by Crippen LogP contribution is 2.21. The van der Waals surface area contributed by atoms with Gasteiger partial charge >= 0.3 is 5.97 Å². The molecule has 0 bridgehead atoms. The van der Waals surface area contributed by atoms with Crippen LogP contribution in [0.25, 0.3) is 0 Å². The lowest BCUT2D eigenvalue weighted by Crippen LogP contribution is -2.48. The summed E-state index contributed by atoms with van der Waals surface area (Å²) in [6, 6.07) is 3.16. The number of nitrogens with zero attached hydrogens (tertiary/aromatic N) is 2. The zero-order valence-corrected chi connectivity index (χ0v) is 14.1. The molecule has 0 unspecified atom stereocenters. The maximum Gasteiger partial charge on any atom is 0.334 e. The summed E-state index contributed by atoms with van der Waals surface area (Å²) in [6.07, 6.45) is 3.31. The van der Waals surface area contributed by atoms with Gasteiger partial charge in [0.1, 0.15) is 0 Å². The van der Waals surface area contributed by atoms with Crippen molar-refractivity contribution in [3.8, 4) is 11.8 Å². The van der Waals surface area contributed by atoms with Crippen molar-refractivity contribution in [3.05, 3.63) is 12.1 Å². The Hall–Kier alpha value is -2.22. The molecule has 2 heterocycles. The molecule has 2 atom stereocenters. The van der Waals surface area contributed by atoms with Crippen molar-refractivity contribution in [2.24, 2.45) is 0 Å². The maximum absolute atomic E-state index is 12.0. The van der Waals surface area contributed by atoms with Crippen LogP contribution >= 0.6 is 0 Å². The quantitative estimate of drug-likeness (QED) is 0.516. The van der Waals surface area contributed by atoms with E-state index < -0.39 is 5.97 Å². The number of aromatic hydroxyl groups is 2. The van der Waals surface area contributed by atoms with E-state index >= 15 is 0 Å². The van der Waals surface area contributed by atoms with Crippen LogP contribution in [0.15, 0.2) is 12.1 Å². The first-order chi connectivity index (χ1) is 11.4. The van der Waals surface area contributed by atoms with Crippen molar-refractivity contribution in [3.63, 3.8) is 0 Å². The van der Waals surface area contributed by atoms with Crippen molar-refractivity contribution in [1.82, 2.24) is 14.9 Å². The summed E-state index contributed by atoms with van der Waals surface area (Å²) in [4.78, 5) is 30.7. The van der Waals surface area contributed by atoms with Gasteiger partial charge in [0, 0.05) is 30.8 Å². The molecule has 0 spiro atoms. The second kappa shape index (κ2) is 8.05. The van der Waals surface area contributed by atoms with Crippen LogP contribution in [0.2, 0.25) is 0 Å². The van der Waals surface area contributed by atoms with Crippen molar-refractivity contribution in [2.45, 2.75) is 51.6 Å². The maximum atomic E-state index is 12.0. The van der Waals surface area contributed by atoms with E-state index in [2.05, 4.69) is 24.1 Å². The molecular formula is C16H25N3O5. The van der Waals surface area contributed by atoms with Crippen molar-refractivity contribution >= 4 is 11.9 Å². The number of piperidine rings is 1. The van der Waals surface area contributed by atoms with Crippen molar-refractivity contribution in [1.29, 1.82) is 0 Å². The topological polar surface area (TPSA) is 104 Å². The second-order valence-electron chi connectivity index (χ2n) is 6.21. The largest absolute Gasteiger partial charge is 0.492 e. The predicted octanol–water partition coefficient (Wildman–Crippen LogP) is 0.624. The van der Waals surface area contributed by atoms with E-state index in [0.717, 1.165) is 12.8 Å². The van der Waals surface area contributed by atoms with Crippen LogP contribution in [0.1, 0.15) is 39.5 Å². The highest BCUT2D eigenvalue weighted by molar-refractivity contribution is 5.79. The lowest BCUT2D eigenvalue weighted by atomic mass is 9.99. The van der Waals surface area contributed by atoms with Crippen molar-refractivity contribution < 1.29 is 24.6 Å². The number of nitrogens with one attached hydrogen (secondary N) is 1. The van der Waals surface area contributed by atoms with Crippen LogP contribution in [-0.4, -0.2) is 56.9 Å². The van der Waals surface area contributed by atoms with Crippen LogP contribution in [0.3, 0.4) is 0 Å². The molecule has 0 aliphatic carbocycles. The average Bonchev–Trinajstić information content (AvgIpc) is 2.83. The molecular weight excluding hydrogens is 319 g/mol. The summed E-state index contributed by atoms with van der Waals surface area (Å²) < 4.78 is 0.626. The van der Waals surface area contributed by atoms with Crippen LogP contribution in [0.4, 0.5) is 0 Å². The van der Waals surface area contributed by atoms with Crippen LogP contribution in [0.5, 0.6) is 11.8 Å². The van der Waals surface area contributed by atoms with Crippen LogP contribution < -0.4 is 10.2 Å². The Balaban J connectivity index is 1.71. The number of carbonyl (C=O) groups is 2. The summed E-state index contributed by atoms with van der Waals surface area (Å²) >= 11 is 0. The van der Waals surface area contributed by atoms with Gasteiger partial charge in [-0.2, -0.15) is 0 Å². The van der Waals surface area contributed by atoms with E-state index in [0.29, 0.717) is 23.4 Å². The van der Waals surface area contributed by atoms with Crippen molar-refractivity contribution in [2.75, 3.05) is 13.1 Å². The van der Waals surface area contributed by atoms with E-state index in [9.17, 15) is 19.8 Å². The molecule has 134 valence electrons. The zero-order valence-electron chi connectivity index (χ0n) is 14.1. The predicted molar refractivity (Wildman–Crippen MR) is 86.5 cm³/mol. The molecule has 0 radical (unpaired) electrons. The third-order valence-electron chi connectivity index (χ3n) is 4.34. The minimum absolute atomic E-state index is 0.0616. The Morgan fingerprint density at radius 3 is 2.38 bits per heavy atom. The number of rotatable bonds is 6. The Kier molecular flexibility index (Phi) is 6.08. The smallest absolute Gasteiger partial charge is 0.334 e. The normalized spacial score (nSPS) is 21.4. The van der Waals surface area contributed by atoms with E-state index in [1.165, 1.54) is 18.6 Å². The highest BCUT2D eigenvalue weighted by atomic mass is 16.7. The summed E-state index contributed by atoms with van der Waals surface area (Å²) in [6.45, 7) is 4.69. The number of likely N-dealkylation sites (tertiary alicyclic amines) is 1. The van der Waals surface area contributed by atoms with Gasteiger partial charge in [0.2, 0.25) is 17.7 Å². The fourth-order valence-electron chi connectivity index (χ4n) is 2.95. The Labute approximate surface area is 141 Å². The van der Waals surface area contributed by atoms with Gasteiger partial charge in [-0.25, -0.2) is 4.79 Å². The highest BCUT2D eigenvalue weighted by Gasteiger charge is 2.26. The number of hydrogen-bond acceptors (Lipinski definition) is 6. The molecule has 2 rings (SSSR count). The molecule has 24 heavy (non-hydrogen) atoms. The number of carbonyl (C=O) groups excluding carboxylic acids is 2. The Morgan fingerprint density at radius 2 is 1.79 bits per heavy atom. The fraction of sp³-hybridized carbons (Fsp3) is 0.625. The van der Waals surface area contributed by atoms with Crippen LogP contribution in [-0.2, 0) is 9.59 Å². The number of hydrogen-bond donors (Lipinski definition) is 3. The van der Waals surface area contributed by atoms with Gasteiger partial charge < -0.3 is 20.4 Å². The lowest BCUT2D eigenvalue weighted by Gasteiger charge is -2.38. The molecule has 1 saturated heterocycles. The fourth-order valence-corrected chi connectivity index (χ4v) is 2.95. The molecule has 1 aromatic heterocycles. The summed E-state index contributed by atoms with van der Waals surface area (Å²) in [7, 11) is 0. The Morgan fingerprint density at radius 1 is 1.21 bits per heavy atom. The molecule has 1 aliphatic rings. The first-order valence-electron chi connectivity index (χ1n) is 8.21. The zero-order chi connectivity index (χ0) is 17.7. The molecule has 1 aliphatic heterocycles. The van der Waals surface area contributed by atoms with E-state index in [1.54, 1.807) is 0 Å². The van der Waals surface area contributed by atoms with Gasteiger partial charge in [0.25, 0.3) is 0 Å². The average molecular weight is 344 g/mol. The molecule has 1 aromatic rings. The summed E-state index contributed by atoms with van der Waals surface area (Å²) in [5.74, 6) is -1.55. The second-order valence-corrected chi connectivity index (χ2v) is 6.21. The first kappa shape index (κ1) is 18.1. The van der Waals surface area contributed by atoms with Gasteiger partial charge in [-0.05, 0) is 26.7 Å². The van der Waals surface area contributed by atoms with Gasteiger partial charge in [0.15, 0.2) is 0 Å². The third kappa shape index (κ3) is 4.64. The molecule has 1 fully saturated rings. The van der Waals surface area contributed by atoms with Gasteiger partial charge in [-0.1, -0.05) is 6.42 Å². The molecule has 8 heteroatoms. The molecule has 0 saturated carbocycles. The van der Waals surface area contributed by atoms with Gasteiger partial charge in [-0.15, -0.1) is 4.73 Å².